The Labute approximate surface area is 342 Å². The largest absolute Gasteiger partial charge is 0.462 e. The van der Waals surface area contributed by atoms with E-state index in [9.17, 15) is 14.4 Å². The van der Waals surface area contributed by atoms with Crippen LogP contribution in [0.4, 0.5) is 0 Å². The number of hydrogen-bond acceptors (Lipinski definition) is 6. The average Bonchev–Trinajstić information content (AvgIpc) is 3.15. The molecule has 6 nitrogen and oxygen atoms in total. The first kappa shape index (κ1) is 53.4. The molecule has 326 valence electrons. The molecule has 0 N–H and O–H groups in total. The predicted octanol–water partition coefficient (Wildman–Crippen LogP) is 15.4. The Morgan fingerprint density at radius 2 is 0.600 bits per heavy atom. The Hall–Kier alpha value is -1.59. The van der Waals surface area contributed by atoms with Crippen molar-refractivity contribution >= 4 is 17.9 Å². The lowest BCUT2D eigenvalue weighted by molar-refractivity contribution is -0.167. The van der Waals surface area contributed by atoms with Crippen molar-refractivity contribution in [3.63, 3.8) is 0 Å². The zero-order valence-electron chi connectivity index (χ0n) is 37.6. The summed E-state index contributed by atoms with van der Waals surface area (Å²) in [7, 11) is 0. The summed E-state index contributed by atoms with van der Waals surface area (Å²) in [4.78, 5) is 37.7. The van der Waals surface area contributed by atoms with Gasteiger partial charge < -0.3 is 14.2 Å². The molecule has 0 fully saturated rings. The molecule has 0 spiro atoms. The minimum Gasteiger partial charge on any atom is -0.462 e. The second-order valence-electron chi connectivity index (χ2n) is 17.7. The molecule has 0 aromatic heterocycles. The molecule has 0 saturated carbocycles. The van der Waals surface area contributed by atoms with Crippen LogP contribution < -0.4 is 0 Å². The van der Waals surface area contributed by atoms with Gasteiger partial charge in [-0.1, -0.05) is 227 Å². The molecule has 0 saturated heterocycles. The number of esters is 3. The zero-order chi connectivity index (χ0) is 40.5. The van der Waals surface area contributed by atoms with E-state index in [0.717, 1.165) is 69.6 Å². The summed E-state index contributed by atoms with van der Waals surface area (Å²) in [6.45, 7) is 11.3. The van der Waals surface area contributed by atoms with Gasteiger partial charge in [-0.25, -0.2) is 0 Å². The molecule has 0 amide bonds. The van der Waals surface area contributed by atoms with Gasteiger partial charge in [0.25, 0.3) is 0 Å². The summed E-state index contributed by atoms with van der Waals surface area (Å²) in [5, 5.41) is 0. The molecule has 55 heavy (non-hydrogen) atoms. The first-order valence-electron chi connectivity index (χ1n) is 24.2. The van der Waals surface area contributed by atoms with Crippen molar-refractivity contribution in [2.45, 2.75) is 272 Å². The van der Waals surface area contributed by atoms with E-state index in [1.54, 1.807) is 0 Å². The second kappa shape index (κ2) is 42.0. The zero-order valence-corrected chi connectivity index (χ0v) is 37.6. The van der Waals surface area contributed by atoms with Gasteiger partial charge in [0, 0.05) is 19.3 Å². The lowest BCUT2D eigenvalue weighted by Gasteiger charge is -2.18. The molecule has 0 heterocycles. The topological polar surface area (TPSA) is 78.9 Å². The smallest absolute Gasteiger partial charge is 0.306 e. The summed E-state index contributed by atoms with van der Waals surface area (Å²) < 4.78 is 16.7. The standard InChI is InChI=1S/C49H94O6/c1-6-7-8-9-10-19-24-31-36-41-49(52)55-46(43-54-48(51)40-35-30-26-25-28-33-38-45(4)5)42-53-47(50)39-34-29-23-21-18-16-14-12-11-13-15-17-20-22-27-32-37-44(2)3/h44-46H,6-43H2,1-5H3/t46-/m0/s1. The molecule has 0 unspecified atom stereocenters. The fraction of sp³-hybridized carbons (Fsp3) is 0.939. The monoisotopic (exact) mass is 779 g/mol. The summed E-state index contributed by atoms with van der Waals surface area (Å²) in [5.41, 5.74) is 0. The molecule has 0 aromatic carbocycles. The Balaban J connectivity index is 4.18. The van der Waals surface area contributed by atoms with Crippen LogP contribution in [0.1, 0.15) is 266 Å². The van der Waals surface area contributed by atoms with Crippen LogP contribution in [0.5, 0.6) is 0 Å². The normalized spacial score (nSPS) is 12.1. The highest BCUT2D eigenvalue weighted by molar-refractivity contribution is 5.71. The molecule has 1 atom stereocenters. The van der Waals surface area contributed by atoms with E-state index in [0.29, 0.717) is 19.3 Å². The molecule has 0 bridgehead atoms. The first-order valence-corrected chi connectivity index (χ1v) is 24.2. The maximum absolute atomic E-state index is 12.7. The van der Waals surface area contributed by atoms with Crippen LogP contribution in [0.15, 0.2) is 0 Å². The summed E-state index contributed by atoms with van der Waals surface area (Å²) in [6, 6.07) is 0. The number of carbonyl (C=O) groups excluding carboxylic acids is 3. The molecule has 0 rings (SSSR count). The highest BCUT2D eigenvalue weighted by Crippen LogP contribution is 2.17. The highest BCUT2D eigenvalue weighted by atomic mass is 16.6. The van der Waals surface area contributed by atoms with Crippen LogP contribution in [-0.4, -0.2) is 37.2 Å². The predicted molar refractivity (Wildman–Crippen MR) is 233 cm³/mol. The fourth-order valence-electron chi connectivity index (χ4n) is 7.28. The van der Waals surface area contributed by atoms with E-state index in [1.807, 2.05) is 0 Å². The average molecular weight is 779 g/mol. The van der Waals surface area contributed by atoms with Crippen molar-refractivity contribution in [3.8, 4) is 0 Å². The first-order chi connectivity index (χ1) is 26.7. The van der Waals surface area contributed by atoms with Crippen molar-refractivity contribution in [1.29, 1.82) is 0 Å². The van der Waals surface area contributed by atoms with Crippen molar-refractivity contribution in [3.05, 3.63) is 0 Å². The summed E-state index contributed by atoms with van der Waals surface area (Å²) >= 11 is 0. The Bertz CT molecular complexity index is 839. The van der Waals surface area contributed by atoms with Crippen LogP contribution in [-0.2, 0) is 28.6 Å². The second-order valence-corrected chi connectivity index (χ2v) is 17.7. The Kier molecular flexibility index (Phi) is 40.8. The Morgan fingerprint density at radius 1 is 0.345 bits per heavy atom. The molecule has 0 aliphatic rings. The molecule has 6 heteroatoms. The number of unbranched alkanes of at least 4 members (excludes halogenated alkanes) is 28. The van der Waals surface area contributed by atoms with Crippen LogP contribution in [0.25, 0.3) is 0 Å². The van der Waals surface area contributed by atoms with Gasteiger partial charge in [-0.05, 0) is 31.1 Å². The van der Waals surface area contributed by atoms with Gasteiger partial charge in [-0.2, -0.15) is 0 Å². The van der Waals surface area contributed by atoms with E-state index >= 15 is 0 Å². The number of hydrogen-bond donors (Lipinski definition) is 0. The van der Waals surface area contributed by atoms with E-state index < -0.39 is 6.10 Å². The summed E-state index contributed by atoms with van der Waals surface area (Å²) in [6.07, 6.45) is 41.1. The van der Waals surface area contributed by atoms with Crippen LogP contribution >= 0.6 is 0 Å². The molecular formula is C49H94O6. The van der Waals surface area contributed by atoms with E-state index in [4.69, 9.17) is 14.2 Å². The number of carbonyl (C=O) groups is 3. The number of rotatable bonds is 43. The molecule has 0 aliphatic heterocycles. The van der Waals surface area contributed by atoms with Crippen molar-refractivity contribution in [2.24, 2.45) is 11.8 Å². The fourth-order valence-corrected chi connectivity index (χ4v) is 7.28. The summed E-state index contributed by atoms with van der Waals surface area (Å²) in [5.74, 6) is 0.756. The third kappa shape index (κ3) is 43.4. The molecule has 0 radical (unpaired) electrons. The molecule has 0 aliphatic carbocycles. The maximum Gasteiger partial charge on any atom is 0.306 e. The van der Waals surface area contributed by atoms with Crippen molar-refractivity contribution < 1.29 is 28.6 Å². The van der Waals surface area contributed by atoms with Gasteiger partial charge >= 0.3 is 17.9 Å². The minimum absolute atomic E-state index is 0.0650. The van der Waals surface area contributed by atoms with Gasteiger partial charge in [0.15, 0.2) is 6.10 Å². The lowest BCUT2D eigenvalue weighted by atomic mass is 10.0. The molecular weight excluding hydrogens is 685 g/mol. The Morgan fingerprint density at radius 3 is 0.891 bits per heavy atom. The van der Waals surface area contributed by atoms with Gasteiger partial charge in [0.1, 0.15) is 13.2 Å². The van der Waals surface area contributed by atoms with Crippen molar-refractivity contribution in [1.82, 2.24) is 0 Å². The third-order valence-electron chi connectivity index (χ3n) is 11.0. The quantitative estimate of drug-likeness (QED) is 0.0348. The minimum atomic E-state index is -0.760. The van der Waals surface area contributed by atoms with E-state index in [-0.39, 0.29) is 31.1 Å². The van der Waals surface area contributed by atoms with Crippen molar-refractivity contribution in [2.75, 3.05) is 13.2 Å². The number of ether oxygens (including phenoxy) is 3. The van der Waals surface area contributed by atoms with Crippen LogP contribution in [0, 0.1) is 11.8 Å². The van der Waals surface area contributed by atoms with Gasteiger partial charge in [0.2, 0.25) is 0 Å². The molecule has 0 aromatic rings. The highest BCUT2D eigenvalue weighted by Gasteiger charge is 2.19. The third-order valence-corrected chi connectivity index (χ3v) is 11.0. The maximum atomic E-state index is 12.7. The SMILES string of the molecule is CCCCCCCCCCCC(=O)O[C@@H](COC(=O)CCCCCCCCCCCCCCCCCCC(C)C)COC(=O)CCCCCCCCC(C)C. The van der Waals surface area contributed by atoms with Gasteiger partial charge in [-0.3, -0.25) is 14.4 Å². The lowest BCUT2D eigenvalue weighted by Crippen LogP contribution is -2.30. The van der Waals surface area contributed by atoms with E-state index in [1.165, 1.54) is 154 Å². The van der Waals surface area contributed by atoms with Crippen LogP contribution in [0.2, 0.25) is 0 Å². The van der Waals surface area contributed by atoms with Crippen LogP contribution in [0.3, 0.4) is 0 Å². The van der Waals surface area contributed by atoms with E-state index in [2.05, 4.69) is 34.6 Å². The van der Waals surface area contributed by atoms with Gasteiger partial charge in [0.05, 0.1) is 0 Å². The van der Waals surface area contributed by atoms with Gasteiger partial charge in [-0.15, -0.1) is 0 Å².